The number of carbonyl (C=O) groups excluding carboxylic acids is 1. The van der Waals surface area contributed by atoms with Crippen molar-refractivity contribution in [1.29, 1.82) is 0 Å². The van der Waals surface area contributed by atoms with E-state index in [0.29, 0.717) is 13.0 Å². The Bertz CT molecular complexity index is 603. The summed E-state index contributed by atoms with van der Waals surface area (Å²) in [5, 5.41) is 3.09. The first-order valence-electron chi connectivity index (χ1n) is 8.75. The minimum absolute atomic E-state index is 0.0600. The Morgan fingerprint density at radius 3 is 2.88 bits per heavy atom. The van der Waals surface area contributed by atoms with Crippen LogP contribution in [0.15, 0.2) is 41.5 Å². The number of nitrogens with zero attached hydrogens (tertiary/aromatic N) is 3. The third-order valence-corrected chi connectivity index (χ3v) is 4.71. The number of likely N-dealkylation sites (tertiary alicyclic amines) is 1. The van der Waals surface area contributed by atoms with E-state index in [1.807, 2.05) is 29.8 Å². The number of rotatable bonds is 7. The van der Waals surface area contributed by atoms with Crippen LogP contribution in [-0.2, 0) is 4.79 Å². The average Bonchev–Trinajstić information content (AvgIpc) is 3.30. The molecule has 1 amide bonds. The van der Waals surface area contributed by atoms with Gasteiger partial charge in [-0.15, -0.1) is 0 Å². The van der Waals surface area contributed by atoms with E-state index in [1.54, 1.807) is 18.8 Å². The van der Waals surface area contributed by atoms with Crippen molar-refractivity contribution in [1.82, 2.24) is 19.8 Å². The summed E-state index contributed by atoms with van der Waals surface area (Å²) in [6.45, 7) is 4.73. The zero-order chi connectivity index (χ0) is 16.8. The Kier molecular flexibility index (Phi) is 5.69. The lowest BCUT2D eigenvalue weighted by atomic mass is 10.1. The second kappa shape index (κ2) is 8.15. The molecule has 0 aromatic carbocycles. The molecule has 1 aliphatic rings. The van der Waals surface area contributed by atoms with Gasteiger partial charge in [0.05, 0.1) is 18.6 Å². The number of piperidine rings is 1. The van der Waals surface area contributed by atoms with Crippen LogP contribution in [0, 0.1) is 0 Å². The first-order valence-corrected chi connectivity index (χ1v) is 8.75. The Morgan fingerprint density at radius 1 is 1.38 bits per heavy atom. The van der Waals surface area contributed by atoms with E-state index in [1.165, 1.54) is 19.3 Å². The summed E-state index contributed by atoms with van der Waals surface area (Å²) >= 11 is 0. The van der Waals surface area contributed by atoms with Gasteiger partial charge in [-0.1, -0.05) is 6.42 Å². The van der Waals surface area contributed by atoms with Gasteiger partial charge >= 0.3 is 0 Å². The Labute approximate surface area is 142 Å². The summed E-state index contributed by atoms with van der Waals surface area (Å²) in [4.78, 5) is 18.8. The molecule has 6 heteroatoms. The number of amides is 1. The molecule has 0 bridgehead atoms. The molecule has 0 radical (unpaired) electrons. The molecule has 1 N–H and O–H groups in total. The molecule has 1 fully saturated rings. The van der Waals surface area contributed by atoms with Crippen molar-refractivity contribution in [2.24, 2.45) is 0 Å². The summed E-state index contributed by atoms with van der Waals surface area (Å²) in [5.41, 5.74) is 0. The van der Waals surface area contributed by atoms with Gasteiger partial charge in [0.15, 0.2) is 0 Å². The molecule has 0 spiro atoms. The van der Waals surface area contributed by atoms with Crippen LogP contribution in [0.25, 0.3) is 0 Å². The minimum Gasteiger partial charge on any atom is -0.468 e. The molecule has 2 atom stereocenters. The fraction of sp³-hybridized carbons (Fsp3) is 0.556. The number of furan rings is 1. The van der Waals surface area contributed by atoms with E-state index in [-0.39, 0.29) is 18.0 Å². The minimum atomic E-state index is 0.0600. The SMILES string of the molecule is C[C@H](CC(=O)NC[C@@H](c1ccco1)N1CCCCC1)n1ccnc1. The summed E-state index contributed by atoms with van der Waals surface area (Å²) in [5.74, 6) is 0.990. The van der Waals surface area contributed by atoms with Crippen molar-refractivity contribution in [3.8, 4) is 0 Å². The zero-order valence-electron chi connectivity index (χ0n) is 14.2. The number of hydrogen-bond acceptors (Lipinski definition) is 4. The highest BCUT2D eigenvalue weighted by molar-refractivity contribution is 5.76. The number of hydrogen-bond donors (Lipinski definition) is 1. The van der Waals surface area contributed by atoms with Gasteiger partial charge < -0.3 is 14.3 Å². The van der Waals surface area contributed by atoms with E-state index < -0.39 is 0 Å². The highest BCUT2D eigenvalue weighted by Crippen LogP contribution is 2.24. The Balaban J connectivity index is 1.55. The van der Waals surface area contributed by atoms with E-state index in [0.717, 1.165) is 18.8 Å². The lowest BCUT2D eigenvalue weighted by Gasteiger charge is -2.33. The smallest absolute Gasteiger partial charge is 0.222 e. The quantitative estimate of drug-likeness (QED) is 0.848. The normalized spacial score (nSPS) is 18.2. The van der Waals surface area contributed by atoms with Gasteiger partial charge in [-0.2, -0.15) is 0 Å². The molecule has 3 heterocycles. The molecule has 2 aromatic rings. The summed E-state index contributed by atoms with van der Waals surface area (Å²) in [7, 11) is 0. The second-order valence-corrected chi connectivity index (χ2v) is 6.49. The van der Waals surface area contributed by atoms with Gasteiger partial charge in [0.1, 0.15) is 5.76 Å². The molecule has 2 aromatic heterocycles. The third-order valence-electron chi connectivity index (χ3n) is 4.71. The number of imidazole rings is 1. The fourth-order valence-corrected chi connectivity index (χ4v) is 3.31. The van der Waals surface area contributed by atoms with Crippen LogP contribution in [0.3, 0.4) is 0 Å². The lowest BCUT2D eigenvalue weighted by molar-refractivity contribution is -0.122. The van der Waals surface area contributed by atoms with Crippen LogP contribution in [0.5, 0.6) is 0 Å². The molecular weight excluding hydrogens is 304 g/mol. The third kappa shape index (κ3) is 4.26. The average molecular weight is 330 g/mol. The topological polar surface area (TPSA) is 63.3 Å². The van der Waals surface area contributed by atoms with Gasteiger partial charge in [0.25, 0.3) is 0 Å². The van der Waals surface area contributed by atoms with Gasteiger partial charge in [-0.05, 0) is 45.0 Å². The van der Waals surface area contributed by atoms with Crippen LogP contribution in [0.2, 0.25) is 0 Å². The first-order chi connectivity index (χ1) is 11.7. The first kappa shape index (κ1) is 16.8. The number of carbonyl (C=O) groups is 1. The molecule has 1 aliphatic heterocycles. The van der Waals surface area contributed by atoms with E-state index in [2.05, 4.69) is 15.2 Å². The molecule has 3 rings (SSSR count). The summed E-state index contributed by atoms with van der Waals surface area (Å²) < 4.78 is 7.57. The van der Waals surface area contributed by atoms with Crippen molar-refractivity contribution in [3.63, 3.8) is 0 Å². The largest absolute Gasteiger partial charge is 0.468 e. The molecule has 130 valence electrons. The van der Waals surface area contributed by atoms with Crippen molar-refractivity contribution in [3.05, 3.63) is 42.9 Å². The van der Waals surface area contributed by atoms with Crippen LogP contribution < -0.4 is 5.32 Å². The zero-order valence-corrected chi connectivity index (χ0v) is 14.2. The van der Waals surface area contributed by atoms with Crippen LogP contribution in [0.1, 0.15) is 50.5 Å². The molecule has 24 heavy (non-hydrogen) atoms. The predicted molar refractivity (Wildman–Crippen MR) is 91.4 cm³/mol. The maximum Gasteiger partial charge on any atom is 0.222 e. The molecule has 0 aliphatic carbocycles. The predicted octanol–water partition coefficient (Wildman–Crippen LogP) is 2.77. The molecular formula is C18H26N4O2. The molecule has 0 unspecified atom stereocenters. The van der Waals surface area contributed by atoms with E-state index in [4.69, 9.17) is 4.42 Å². The maximum atomic E-state index is 12.3. The Morgan fingerprint density at radius 2 is 2.21 bits per heavy atom. The van der Waals surface area contributed by atoms with Crippen LogP contribution in [-0.4, -0.2) is 40.0 Å². The van der Waals surface area contributed by atoms with E-state index >= 15 is 0 Å². The van der Waals surface area contributed by atoms with E-state index in [9.17, 15) is 4.79 Å². The van der Waals surface area contributed by atoms with Gasteiger partial charge in [0, 0.05) is 31.4 Å². The second-order valence-electron chi connectivity index (χ2n) is 6.49. The standard InChI is InChI=1S/C18H26N4O2/c1-15(22-10-7-19-14-22)12-18(23)20-13-16(17-6-5-11-24-17)21-8-3-2-4-9-21/h5-7,10-11,14-16H,2-4,8-9,12-13H2,1H3,(H,20,23)/t15-,16+/m1/s1. The maximum absolute atomic E-state index is 12.3. The fourth-order valence-electron chi connectivity index (χ4n) is 3.31. The van der Waals surface area contributed by atoms with Crippen LogP contribution >= 0.6 is 0 Å². The summed E-state index contributed by atoms with van der Waals surface area (Å²) in [6, 6.07) is 4.13. The molecule has 0 saturated carbocycles. The Hall–Kier alpha value is -2.08. The van der Waals surface area contributed by atoms with Crippen LogP contribution in [0.4, 0.5) is 0 Å². The summed E-state index contributed by atoms with van der Waals surface area (Å²) in [6.07, 6.45) is 11.2. The highest BCUT2D eigenvalue weighted by Gasteiger charge is 2.25. The van der Waals surface area contributed by atoms with Gasteiger partial charge in [-0.25, -0.2) is 4.98 Å². The highest BCUT2D eigenvalue weighted by atomic mass is 16.3. The van der Waals surface area contributed by atoms with Crippen molar-refractivity contribution in [2.45, 2.75) is 44.7 Å². The van der Waals surface area contributed by atoms with Crippen molar-refractivity contribution in [2.75, 3.05) is 19.6 Å². The number of nitrogens with one attached hydrogen (secondary N) is 1. The van der Waals surface area contributed by atoms with Gasteiger partial charge in [0.2, 0.25) is 5.91 Å². The van der Waals surface area contributed by atoms with Crippen molar-refractivity contribution < 1.29 is 9.21 Å². The van der Waals surface area contributed by atoms with Crippen molar-refractivity contribution >= 4 is 5.91 Å². The molecule has 1 saturated heterocycles. The lowest BCUT2D eigenvalue weighted by Crippen LogP contribution is -2.40. The molecule has 6 nitrogen and oxygen atoms in total. The number of aromatic nitrogens is 2. The van der Waals surface area contributed by atoms with Gasteiger partial charge in [-0.3, -0.25) is 9.69 Å². The monoisotopic (exact) mass is 330 g/mol.